The lowest BCUT2D eigenvalue weighted by molar-refractivity contribution is 0.0759. The van der Waals surface area contributed by atoms with Gasteiger partial charge < -0.3 is 10.1 Å². The van der Waals surface area contributed by atoms with Crippen molar-refractivity contribution in [3.05, 3.63) is 60.2 Å². The van der Waals surface area contributed by atoms with Gasteiger partial charge in [0.2, 0.25) is 0 Å². The molecule has 1 aliphatic heterocycles. The van der Waals surface area contributed by atoms with E-state index in [0.29, 0.717) is 6.04 Å². The summed E-state index contributed by atoms with van der Waals surface area (Å²) in [4.78, 5) is 0. The molecular formula is C17H19NO. The molecule has 0 saturated carbocycles. The zero-order chi connectivity index (χ0) is 13.3. The first-order valence-electron chi connectivity index (χ1n) is 6.74. The summed E-state index contributed by atoms with van der Waals surface area (Å²) in [5, 5.41) is 3.61. The van der Waals surface area contributed by atoms with Crippen LogP contribution in [-0.4, -0.2) is 5.60 Å². The van der Waals surface area contributed by atoms with Crippen molar-refractivity contribution in [2.45, 2.75) is 31.9 Å². The van der Waals surface area contributed by atoms with Crippen molar-refractivity contribution in [2.75, 3.05) is 5.32 Å². The highest BCUT2D eigenvalue weighted by Gasteiger charge is 2.33. The predicted octanol–water partition coefficient (Wildman–Crippen LogP) is 4.40. The zero-order valence-electron chi connectivity index (χ0n) is 11.4. The smallest absolute Gasteiger partial charge is 0.125 e. The maximum absolute atomic E-state index is 6.05. The summed E-state index contributed by atoms with van der Waals surface area (Å²) in [5.41, 5.74) is 2.26. The van der Waals surface area contributed by atoms with Crippen molar-refractivity contribution in [2.24, 2.45) is 0 Å². The molecule has 0 amide bonds. The Morgan fingerprint density at radius 3 is 2.47 bits per heavy atom. The third-order valence-corrected chi connectivity index (χ3v) is 3.49. The van der Waals surface area contributed by atoms with Crippen molar-refractivity contribution in [1.82, 2.24) is 0 Å². The molecule has 1 unspecified atom stereocenters. The van der Waals surface area contributed by atoms with Gasteiger partial charge in [0.1, 0.15) is 11.4 Å². The average Bonchev–Trinajstić information content (AvgIpc) is 2.38. The number of para-hydroxylation sites is 2. The molecule has 98 valence electrons. The SMILES string of the molecule is CC1(C)CC(Nc2ccccc2)c2ccccc2O1. The standard InChI is InChI=1S/C17H19NO/c1-17(2)12-15(18-13-8-4-3-5-9-13)14-10-6-7-11-16(14)19-17/h3-11,15,18H,12H2,1-2H3. The quantitative estimate of drug-likeness (QED) is 0.856. The van der Waals surface area contributed by atoms with Crippen LogP contribution in [0.2, 0.25) is 0 Å². The minimum Gasteiger partial charge on any atom is -0.487 e. The fourth-order valence-corrected chi connectivity index (χ4v) is 2.67. The number of nitrogens with one attached hydrogen (secondary N) is 1. The third kappa shape index (κ3) is 2.58. The van der Waals surface area contributed by atoms with Gasteiger partial charge in [0.25, 0.3) is 0 Å². The van der Waals surface area contributed by atoms with E-state index in [-0.39, 0.29) is 5.60 Å². The fourth-order valence-electron chi connectivity index (χ4n) is 2.67. The number of benzene rings is 2. The molecule has 0 radical (unpaired) electrons. The fraction of sp³-hybridized carbons (Fsp3) is 0.294. The maximum Gasteiger partial charge on any atom is 0.125 e. The Morgan fingerprint density at radius 2 is 1.68 bits per heavy atom. The summed E-state index contributed by atoms with van der Waals surface area (Å²) in [6.45, 7) is 4.28. The summed E-state index contributed by atoms with van der Waals surface area (Å²) in [5.74, 6) is 0.993. The molecule has 2 heteroatoms. The maximum atomic E-state index is 6.05. The number of hydrogen-bond acceptors (Lipinski definition) is 2. The van der Waals surface area contributed by atoms with Crippen LogP contribution in [0.5, 0.6) is 5.75 Å². The highest BCUT2D eigenvalue weighted by molar-refractivity contribution is 5.49. The molecule has 2 aromatic carbocycles. The Bertz CT molecular complexity index is 562. The van der Waals surface area contributed by atoms with Crippen LogP contribution in [0.25, 0.3) is 0 Å². The second kappa shape index (κ2) is 4.61. The Balaban J connectivity index is 1.93. The van der Waals surface area contributed by atoms with Gasteiger partial charge in [0.05, 0.1) is 6.04 Å². The van der Waals surface area contributed by atoms with Gasteiger partial charge in [-0.15, -0.1) is 0 Å². The highest BCUT2D eigenvalue weighted by atomic mass is 16.5. The van der Waals surface area contributed by atoms with Gasteiger partial charge >= 0.3 is 0 Å². The monoisotopic (exact) mass is 253 g/mol. The van der Waals surface area contributed by atoms with Gasteiger partial charge in [-0.2, -0.15) is 0 Å². The molecule has 0 bridgehead atoms. The van der Waals surface area contributed by atoms with E-state index in [1.165, 1.54) is 5.56 Å². The molecule has 1 aliphatic rings. The average molecular weight is 253 g/mol. The Labute approximate surface area is 114 Å². The second-order valence-corrected chi connectivity index (χ2v) is 5.67. The summed E-state index contributed by atoms with van der Waals surface area (Å²) in [7, 11) is 0. The number of fused-ring (bicyclic) bond motifs is 1. The van der Waals surface area contributed by atoms with Crippen LogP contribution >= 0.6 is 0 Å². The lowest BCUT2D eigenvalue weighted by Crippen LogP contribution is -2.37. The molecule has 0 saturated heterocycles. The van der Waals surface area contributed by atoms with Crippen molar-refractivity contribution >= 4 is 5.69 Å². The van der Waals surface area contributed by atoms with E-state index < -0.39 is 0 Å². The van der Waals surface area contributed by atoms with Crippen molar-refractivity contribution < 1.29 is 4.74 Å². The summed E-state index contributed by atoms with van der Waals surface area (Å²) >= 11 is 0. The van der Waals surface area contributed by atoms with Gasteiger partial charge in [-0.3, -0.25) is 0 Å². The molecule has 3 rings (SSSR count). The number of hydrogen-bond donors (Lipinski definition) is 1. The van der Waals surface area contributed by atoms with Crippen LogP contribution in [0.4, 0.5) is 5.69 Å². The molecule has 1 N–H and O–H groups in total. The van der Waals surface area contributed by atoms with Gasteiger partial charge in [0.15, 0.2) is 0 Å². The van der Waals surface area contributed by atoms with Crippen LogP contribution in [0.3, 0.4) is 0 Å². The number of anilines is 1. The van der Waals surface area contributed by atoms with E-state index in [1.54, 1.807) is 0 Å². The Hall–Kier alpha value is -1.96. The van der Waals surface area contributed by atoms with Gasteiger partial charge in [-0.25, -0.2) is 0 Å². The van der Waals surface area contributed by atoms with Crippen molar-refractivity contribution in [3.63, 3.8) is 0 Å². The first-order chi connectivity index (χ1) is 9.14. The van der Waals surface area contributed by atoms with Gasteiger partial charge in [0, 0.05) is 17.7 Å². The molecule has 1 atom stereocenters. The van der Waals surface area contributed by atoms with E-state index in [9.17, 15) is 0 Å². The van der Waals surface area contributed by atoms with E-state index in [1.807, 2.05) is 12.1 Å². The highest BCUT2D eigenvalue weighted by Crippen LogP contribution is 2.40. The number of ether oxygens (including phenoxy) is 1. The van der Waals surface area contributed by atoms with Gasteiger partial charge in [-0.1, -0.05) is 36.4 Å². The summed E-state index contributed by atoms with van der Waals surface area (Å²) < 4.78 is 6.05. The van der Waals surface area contributed by atoms with E-state index in [2.05, 4.69) is 61.6 Å². The summed E-state index contributed by atoms with van der Waals surface area (Å²) in [6.07, 6.45) is 0.957. The molecule has 0 aromatic heterocycles. The molecule has 19 heavy (non-hydrogen) atoms. The molecule has 1 heterocycles. The second-order valence-electron chi connectivity index (χ2n) is 5.67. The minimum absolute atomic E-state index is 0.138. The van der Waals surface area contributed by atoms with E-state index >= 15 is 0 Å². The lowest BCUT2D eigenvalue weighted by atomic mass is 9.89. The van der Waals surface area contributed by atoms with Crippen LogP contribution in [0, 0.1) is 0 Å². The van der Waals surface area contributed by atoms with Crippen molar-refractivity contribution in [3.8, 4) is 5.75 Å². The Morgan fingerprint density at radius 1 is 1.00 bits per heavy atom. The molecule has 0 fully saturated rings. The van der Waals surface area contributed by atoms with Crippen LogP contribution < -0.4 is 10.1 Å². The minimum atomic E-state index is -0.138. The largest absolute Gasteiger partial charge is 0.487 e. The molecule has 2 aromatic rings. The normalized spacial score (nSPS) is 20.2. The zero-order valence-corrected chi connectivity index (χ0v) is 11.4. The van der Waals surface area contributed by atoms with Gasteiger partial charge in [-0.05, 0) is 32.0 Å². The molecular weight excluding hydrogens is 234 g/mol. The van der Waals surface area contributed by atoms with Crippen LogP contribution in [-0.2, 0) is 0 Å². The third-order valence-electron chi connectivity index (χ3n) is 3.49. The first-order valence-corrected chi connectivity index (χ1v) is 6.74. The van der Waals surface area contributed by atoms with E-state index in [0.717, 1.165) is 17.9 Å². The molecule has 2 nitrogen and oxygen atoms in total. The topological polar surface area (TPSA) is 21.3 Å². The molecule has 0 spiro atoms. The summed E-state index contributed by atoms with van der Waals surface area (Å²) in [6, 6.07) is 18.9. The van der Waals surface area contributed by atoms with Crippen molar-refractivity contribution in [1.29, 1.82) is 0 Å². The van der Waals surface area contributed by atoms with Crippen LogP contribution in [0.15, 0.2) is 54.6 Å². The Kier molecular flexibility index (Phi) is 2.94. The van der Waals surface area contributed by atoms with E-state index in [4.69, 9.17) is 4.74 Å². The number of rotatable bonds is 2. The molecule has 0 aliphatic carbocycles. The first kappa shape index (κ1) is 12.1. The predicted molar refractivity (Wildman–Crippen MR) is 78.6 cm³/mol. The lowest BCUT2D eigenvalue weighted by Gasteiger charge is -2.38. The van der Waals surface area contributed by atoms with Crippen LogP contribution in [0.1, 0.15) is 31.9 Å².